The van der Waals surface area contributed by atoms with Crippen LogP contribution in [0.25, 0.3) is 0 Å². The van der Waals surface area contributed by atoms with Gasteiger partial charge in [0, 0.05) is 24.3 Å². The Morgan fingerprint density at radius 1 is 1.06 bits per heavy atom. The monoisotopic (exact) mass is 424 g/mol. The minimum absolute atomic E-state index is 0.0156. The highest BCUT2D eigenvalue weighted by Crippen LogP contribution is 2.28. The normalized spacial score (nSPS) is 13.8. The van der Waals surface area contributed by atoms with Gasteiger partial charge in [-0.05, 0) is 74.2 Å². The van der Waals surface area contributed by atoms with E-state index in [1.54, 1.807) is 42.5 Å². The van der Waals surface area contributed by atoms with Crippen LogP contribution in [-0.2, 0) is 4.79 Å². The molecule has 2 aromatic carbocycles. The van der Waals surface area contributed by atoms with E-state index >= 15 is 0 Å². The standard InChI is InChI=1S/C23H28N4O4/c1-2-30-21-14-17(15-25-26-23(29)18-7-9-19(24)10-8-18)6-11-20(21)31-16-22(28)27-12-4-3-5-13-27/h6-11,14-15H,2-5,12-13,16,24H2,1H3,(H,26,29)/b25-15+. The average molecular weight is 425 g/mol. The Bertz CT molecular complexity index is 922. The second kappa shape index (κ2) is 11.0. The van der Waals surface area contributed by atoms with Crippen LogP contribution < -0.4 is 20.6 Å². The highest BCUT2D eigenvalue weighted by atomic mass is 16.5. The molecule has 0 unspecified atom stereocenters. The van der Waals surface area contributed by atoms with Crippen LogP contribution in [0.5, 0.6) is 11.5 Å². The van der Waals surface area contributed by atoms with E-state index in [2.05, 4.69) is 10.5 Å². The number of carbonyl (C=O) groups excluding carboxylic acids is 2. The van der Waals surface area contributed by atoms with E-state index in [9.17, 15) is 9.59 Å². The largest absolute Gasteiger partial charge is 0.490 e. The van der Waals surface area contributed by atoms with Gasteiger partial charge in [0.25, 0.3) is 11.8 Å². The number of hydrogen-bond acceptors (Lipinski definition) is 6. The zero-order valence-corrected chi connectivity index (χ0v) is 17.7. The van der Waals surface area contributed by atoms with Crippen LogP contribution in [0.2, 0.25) is 0 Å². The van der Waals surface area contributed by atoms with Crippen molar-refractivity contribution in [2.45, 2.75) is 26.2 Å². The van der Waals surface area contributed by atoms with Crippen LogP contribution >= 0.6 is 0 Å². The van der Waals surface area contributed by atoms with Gasteiger partial charge in [0.15, 0.2) is 18.1 Å². The van der Waals surface area contributed by atoms with E-state index in [1.165, 1.54) is 12.6 Å². The molecule has 1 aliphatic rings. The van der Waals surface area contributed by atoms with E-state index in [4.69, 9.17) is 15.2 Å². The molecule has 2 aromatic rings. The zero-order valence-electron chi connectivity index (χ0n) is 17.7. The van der Waals surface area contributed by atoms with Gasteiger partial charge in [-0.15, -0.1) is 0 Å². The number of benzene rings is 2. The molecule has 2 amide bonds. The van der Waals surface area contributed by atoms with Crippen molar-refractivity contribution in [3.63, 3.8) is 0 Å². The number of nitrogen functional groups attached to an aromatic ring is 1. The van der Waals surface area contributed by atoms with Crippen molar-refractivity contribution in [3.05, 3.63) is 53.6 Å². The number of amides is 2. The molecule has 0 aromatic heterocycles. The van der Waals surface area contributed by atoms with E-state index in [0.29, 0.717) is 29.4 Å². The number of piperidine rings is 1. The van der Waals surface area contributed by atoms with Crippen molar-refractivity contribution in [3.8, 4) is 11.5 Å². The minimum Gasteiger partial charge on any atom is -0.490 e. The van der Waals surface area contributed by atoms with Crippen LogP contribution in [0.4, 0.5) is 5.69 Å². The van der Waals surface area contributed by atoms with Crippen LogP contribution in [0.3, 0.4) is 0 Å². The number of rotatable bonds is 8. The zero-order chi connectivity index (χ0) is 22.1. The van der Waals surface area contributed by atoms with Gasteiger partial charge in [0.2, 0.25) is 0 Å². The fourth-order valence-corrected chi connectivity index (χ4v) is 3.23. The maximum atomic E-state index is 12.3. The van der Waals surface area contributed by atoms with Gasteiger partial charge in [0.05, 0.1) is 12.8 Å². The number of likely N-dealkylation sites (tertiary alicyclic amines) is 1. The van der Waals surface area contributed by atoms with E-state index in [0.717, 1.165) is 31.5 Å². The van der Waals surface area contributed by atoms with Gasteiger partial charge < -0.3 is 20.1 Å². The molecule has 0 radical (unpaired) electrons. The number of nitrogens with two attached hydrogens (primary N) is 1. The van der Waals surface area contributed by atoms with Gasteiger partial charge in [-0.3, -0.25) is 9.59 Å². The summed E-state index contributed by atoms with van der Waals surface area (Å²) < 4.78 is 11.4. The molecule has 0 spiro atoms. The lowest BCUT2D eigenvalue weighted by Crippen LogP contribution is -2.38. The Kier molecular flexibility index (Phi) is 7.86. The van der Waals surface area contributed by atoms with Gasteiger partial charge in [-0.25, -0.2) is 5.43 Å². The molecular formula is C23H28N4O4. The number of anilines is 1. The summed E-state index contributed by atoms with van der Waals surface area (Å²) >= 11 is 0. The van der Waals surface area contributed by atoms with Crippen molar-refractivity contribution >= 4 is 23.7 Å². The number of nitrogens with zero attached hydrogens (tertiary/aromatic N) is 2. The third-order valence-electron chi connectivity index (χ3n) is 4.88. The molecule has 1 heterocycles. The molecule has 164 valence electrons. The van der Waals surface area contributed by atoms with E-state index in [-0.39, 0.29) is 18.4 Å². The number of nitrogens with one attached hydrogen (secondary N) is 1. The second-order valence-corrected chi connectivity index (χ2v) is 7.19. The van der Waals surface area contributed by atoms with Crippen LogP contribution in [0.1, 0.15) is 42.1 Å². The van der Waals surface area contributed by atoms with Crippen molar-refractivity contribution in [2.75, 3.05) is 32.0 Å². The fraction of sp³-hybridized carbons (Fsp3) is 0.348. The van der Waals surface area contributed by atoms with Crippen LogP contribution in [0.15, 0.2) is 47.6 Å². The maximum Gasteiger partial charge on any atom is 0.271 e. The Morgan fingerprint density at radius 3 is 2.52 bits per heavy atom. The lowest BCUT2D eigenvalue weighted by atomic mass is 10.1. The molecule has 0 saturated carbocycles. The smallest absolute Gasteiger partial charge is 0.271 e. The molecular weight excluding hydrogens is 396 g/mol. The Labute approximate surface area is 182 Å². The third-order valence-corrected chi connectivity index (χ3v) is 4.88. The molecule has 3 N–H and O–H groups in total. The molecule has 8 nitrogen and oxygen atoms in total. The molecule has 1 saturated heterocycles. The molecule has 1 aliphatic heterocycles. The van der Waals surface area contributed by atoms with Crippen molar-refractivity contribution in [1.29, 1.82) is 0 Å². The Hall–Kier alpha value is -3.55. The van der Waals surface area contributed by atoms with E-state index < -0.39 is 0 Å². The first-order valence-electron chi connectivity index (χ1n) is 10.4. The summed E-state index contributed by atoms with van der Waals surface area (Å²) in [7, 11) is 0. The number of hydrazone groups is 1. The van der Waals surface area contributed by atoms with Crippen LogP contribution in [0, 0.1) is 0 Å². The molecule has 1 fully saturated rings. The summed E-state index contributed by atoms with van der Waals surface area (Å²) in [6.45, 7) is 3.88. The van der Waals surface area contributed by atoms with Crippen LogP contribution in [-0.4, -0.2) is 49.2 Å². The van der Waals surface area contributed by atoms with Gasteiger partial charge in [0.1, 0.15) is 0 Å². The minimum atomic E-state index is -0.336. The molecule has 8 heteroatoms. The van der Waals surface area contributed by atoms with Crippen molar-refractivity contribution in [2.24, 2.45) is 5.10 Å². The Morgan fingerprint density at radius 2 is 1.81 bits per heavy atom. The number of carbonyl (C=O) groups is 2. The molecule has 0 aliphatic carbocycles. The average Bonchev–Trinajstić information content (AvgIpc) is 2.79. The predicted molar refractivity (Wildman–Crippen MR) is 119 cm³/mol. The quantitative estimate of drug-likeness (QED) is 0.385. The fourth-order valence-electron chi connectivity index (χ4n) is 3.23. The summed E-state index contributed by atoms with van der Waals surface area (Å²) in [5.41, 5.74) is 9.87. The summed E-state index contributed by atoms with van der Waals surface area (Å²) in [6.07, 6.45) is 4.76. The second-order valence-electron chi connectivity index (χ2n) is 7.19. The van der Waals surface area contributed by atoms with Gasteiger partial charge in [-0.1, -0.05) is 0 Å². The molecule has 0 bridgehead atoms. The first-order chi connectivity index (χ1) is 15.1. The van der Waals surface area contributed by atoms with Crippen molar-refractivity contribution in [1.82, 2.24) is 10.3 Å². The van der Waals surface area contributed by atoms with Gasteiger partial charge >= 0.3 is 0 Å². The van der Waals surface area contributed by atoms with Crippen molar-refractivity contribution < 1.29 is 19.1 Å². The summed E-state index contributed by atoms with van der Waals surface area (Å²) in [5.74, 6) is 0.661. The molecule has 31 heavy (non-hydrogen) atoms. The summed E-state index contributed by atoms with van der Waals surface area (Å²) in [6, 6.07) is 11.8. The lowest BCUT2D eigenvalue weighted by Gasteiger charge is -2.26. The first-order valence-corrected chi connectivity index (χ1v) is 10.4. The first kappa shape index (κ1) is 22.1. The Balaban J connectivity index is 1.59. The van der Waals surface area contributed by atoms with E-state index in [1.807, 2.05) is 11.8 Å². The summed E-state index contributed by atoms with van der Waals surface area (Å²) in [5, 5.41) is 3.99. The number of hydrogen-bond donors (Lipinski definition) is 2. The molecule has 3 rings (SSSR count). The highest BCUT2D eigenvalue weighted by molar-refractivity contribution is 5.95. The number of ether oxygens (including phenoxy) is 2. The van der Waals surface area contributed by atoms with Gasteiger partial charge in [-0.2, -0.15) is 5.10 Å². The third kappa shape index (κ3) is 6.47. The lowest BCUT2D eigenvalue weighted by molar-refractivity contribution is -0.134. The predicted octanol–water partition coefficient (Wildman–Crippen LogP) is 2.82. The summed E-state index contributed by atoms with van der Waals surface area (Å²) in [4.78, 5) is 26.3. The SMILES string of the molecule is CCOc1cc(/C=N/NC(=O)c2ccc(N)cc2)ccc1OCC(=O)N1CCCCC1. The molecule has 0 atom stereocenters. The maximum absolute atomic E-state index is 12.3. The highest BCUT2D eigenvalue weighted by Gasteiger charge is 2.17. The topological polar surface area (TPSA) is 106 Å².